The van der Waals surface area contributed by atoms with E-state index in [9.17, 15) is 9.59 Å². The van der Waals surface area contributed by atoms with Crippen molar-refractivity contribution in [2.75, 3.05) is 26.6 Å². The third-order valence-corrected chi connectivity index (χ3v) is 7.81. The Hall–Kier alpha value is -2.81. The maximum absolute atomic E-state index is 13.2. The van der Waals surface area contributed by atoms with Crippen LogP contribution in [0.2, 0.25) is 0 Å². The first kappa shape index (κ1) is 27.2. The fraction of sp³-hybridized carbons (Fsp3) is 0.448. The number of amides is 1. The first-order chi connectivity index (χ1) is 18.0. The summed E-state index contributed by atoms with van der Waals surface area (Å²) >= 11 is 1.26. The zero-order chi connectivity index (χ0) is 26.3. The molecule has 2 heterocycles. The van der Waals surface area contributed by atoms with Crippen LogP contribution >= 0.6 is 11.8 Å². The fourth-order valence-electron chi connectivity index (χ4n) is 4.79. The largest absolute Gasteiger partial charge is 0.497 e. The second-order valence-corrected chi connectivity index (χ2v) is 10.2. The summed E-state index contributed by atoms with van der Waals surface area (Å²) in [6.07, 6.45) is 6.56. The first-order valence-electron chi connectivity index (χ1n) is 12.7. The summed E-state index contributed by atoms with van der Waals surface area (Å²) < 4.78 is 23.4. The summed E-state index contributed by atoms with van der Waals surface area (Å²) in [7, 11) is 3.22. The standard InChI is InChI=1S/C29H35NO6S/c1-4-5-6-9-22-10-7-8-11-25(22)27(31)36-24-16-17-35-29(18-24,34-3)26-20-37-28(32)30(26)19-21-12-14-23(33-2)15-13-21/h6-15,24,26H,4-5,16-20H2,1-3H3/b9-6+/t24?,26-,29?/m0/s1. The Morgan fingerprint density at radius 1 is 1.19 bits per heavy atom. The van der Waals surface area contributed by atoms with Crippen LogP contribution in [0, 0.1) is 0 Å². The summed E-state index contributed by atoms with van der Waals surface area (Å²) in [6.45, 7) is 2.92. The van der Waals surface area contributed by atoms with Crippen LogP contribution in [0.25, 0.3) is 6.08 Å². The van der Waals surface area contributed by atoms with Gasteiger partial charge >= 0.3 is 5.97 Å². The highest BCUT2D eigenvalue weighted by atomic mass is 32.2. The number of hydrogen-bond acceptors (Lipinski definition) is 7. The molecule has 0 saturated carbocycles. The topological polar surface area (TPSA) is 74.3 Å². The van der Waals surface area contributed by atoms with E-state index in [1.807, 2.05) is 48.5 Å². The molecule has 4 rings (SSSR count). The lowest BCUT2D eigenvalue weighted by Gasteiger charge is -2.45. The van der Waals surface area contributed by atoms with Crippen molar-refractivity contribution in [3.63, 3.8) is 0 Å². The van der Waals surface area contributed by atoms with Gasteiger partial charge in [0, 0.05) is 32.2 Å². The number of hydrogen-bond donors (Lipinski definition) is 0. The lowest BCUT2D eigenvalue weighted by atomic mass is 9.95. The predicted octanol–water partition coefficient (Wildman–Crippen LogP) is 5.92. The minimum absolute atomic E-state index is 0.0206. The van der Waals surface area contributed by atoms with Crippen LogP contribution in [0.15, 0.2) is 54.6 Å². The monoisotopic (exact) mass is 525 g/mol. The molecule has 198 valence electrons. The maximum Gasteiger partial charge on any atom is 0.339 e. The number of methoxy groups -OCH3 is 2. The SMILES string of the molecule is CCC/C=C/c1ccccc1C(=O)OC1CCOC(OC)([C@@H]2CSC(=O)N2Cc2ccc(OC)cc2)C1. The van der Waals surface area contributed by atoms with E-state index < -0.39 is 11.9 Å². The minimum Gasteiger partial charge on any atom is -0.497 e. The number of esters is 1. The summed E-state index contributed by atoms with van der Waals surface area (Å²) in [5.74, 6) is -0.122. The lowest BCUT2D eigenvalue weighted by molar-refractivity contribution is -0.280. The molecule has 8 heteroatoms. The Bertz CT molecular complexity index is 1100. The molecule has 2 aromatic carbocycles. The summed E-state index contributed by atoms with van der Waals surface area (Å²) in [4.78, 5) is 27.8. The van der Waals surface area contributed by atoms with Crippen LogP contribution in [0.5, 0.6) is 5.75 Å². The number of carbonyl (C=O) groups excluding carboxylic acids is 2. The van der Waals surface area contributed by atoms with Crippen molar-refractivity contribution in [3.8, 4) is 5.75 Å². The Kier molecular flexibility index (Phi) is 9.29. The molecule has 0 N–H and O–H groups in total. The van der Waals surface area contributed by atoms with Gasteiger partial charge in [0.15, 0.2) is 5.79 Å². The van der Waals surface area contributed by atoms with Crippen LogP contribution in [0.1, 0.15) is 54.1 Å². The van der Waals surface area contributed by atoms with Crippen molar-refractivity contribution in [2.24, 2.45) is 0 Å². The van der Waals surface area contributed by atoms with Crippen molar-refractivity contribution in [2.45, 2.75) is 57.1 Å². The van der Waals surface area contributed by atoms with Crippen LogP contribution in [-0.4, -0.2) is 60.6 Å². The average molecular weight is 526 g/mol. The number of unbranched alkanes of at least 4 members (excludes halogenated alkanes) is 1. The van der Waals surface area contributed by atoms with E-state index in [4.69, 9.17) is 18.9 Å². The number of carbonyl (C=O) groups is 2. The molecule has 2 aliphatic rings. The highest BCUT2D eigenvalue weighted by Gasteiger charge is 2.52. The van der Waals surface area contributed by atoms with Crippen molar-refractivity contribution < 1.29 is 28.5 Å². The number of allylic oxidation sites excluding steroid dienone is 1. The van der Waals surface area contributed by atoms with Crippen molar-refractivity contribution >= 4 is 29.0 Å². The smallest absolute Gasteiger partial charge is 0.339 e. The molecule has 3 atom stereocenters. The van der Waals surface area contributed by atoms with Crippen LogP contribution in [0.3, 0.4) is 0 Å². The Morgan fingerprint density at radius 2 is 1.97 bits per heavy atom. The molecule has 2 unspecified atom stereocenters. The van der Waals surface area contributed by atoms with Crippen molar-refractivity contribution in [3.05, 3.63) is 71.3 Å². The molecule has 0 radical (unpaired) electrons. The lowest BCUT2D eigenvalue weighted by Crippen LogP contribution is -2.58. The van der Waals surface area contributed by atoms with Gasteiger partial charge in [0.1, 0.15) is 11.9 Å². The molecule has 2 aromatic rings. The van der Waals surface area contributed by atoms with Gasteiger partial charge in [-0.15, -0.1) is 0 Å². The van der Waals surface area contributed by atoms with E-state index in [1.54, 1.807) is 25.2 Å². The van der Waals surface area contributed by atoms with E-state index in [0.29, 0.717) is 37.3 Å². The van der Waals surface area contributed by atoms with Gasteiger partial charge in [0.05, 0.1) is 25.3 Å². The highest BCUT2D eigenvalue weighted by Crippen LogP contribution is 2.40. The molecule has 37 heavy (non-hydrogen) atoms. The van der Waals surface area contributed by atoms with Gasteiger partial charge in [-0.25, -0.2) is 4.79 Å². The second-order valence-electron chi connectivity index (χ2n) is 9.23. The Balaban J connectivity index is 1.48. The number of thioether (sulfide) groups is 1. The van der Waals surface area contributed by atoms with Gasteiger partial charge in [-0.2, -0.15) is 0 Å². The van der Waals surface area contributed by atoms with E-state index >= 15 is 0 Å². The molecule has 2 fully saturated rings. The maximum atomic E-state index is 13.2. The van der Waals surface area contributed by atoms with Gasteiger partial charge in [-0.1, -0.05) is 67.6 Å². The second kappa shape index (κ2) is 12.6. The Morgan fingerprint density at radius 3 is 2.70 bits per heavy atom. The first-order valence-corrected chi connectivity index (χ1v) is 13.7. The molecule has 7 nitrogen and oxygen atoms in total. The zero-order valence-corrected chi connectivity index (χ0v) is 22.5. The predicted molar refractivity (Wildman–Crippen MR) is 145 cm³/mol. The summed E-state index contributed by atoms with van der Waals surface area (Å²) in [5, 5.41) is -0.0206. The van der Waals surface area contributed by atoms with Crippen LogP contribution in [0.4, 0.5) is 4.79 Å². The van der Waals surface area contributed by atoms with E-state index in [2.05, 4.69) is 13.0 Å². The molecule has 2 saturated heterocycles. The molecule has 0 bridgehead atoms. The van der Waals surface area contributed by atoms with E-state index in [0.717, 1.165) is 29.7 Å². The zero-order valence-electron chi connectivity index (χ0n) is 21.7. The number of ether oxygens (including phenoxy) is 4. The van der Waals surface area contributed by atoms with Gasteiger partial charge in [0.2, 0.25) is 0 Å². The van der Waals surface area contributed by atoms with E-state index in [1.165, 1.54) is 11.8 Å². The third-order valence-electron chi connectivity index (χ3n) is 6.85. The number of benzene rings is 2. The van der Waals surface area contributed by atoms with Gasteiger partial charge in [0.25, 0.3) is 5.24 Å². The van der Waals surface area contributed by atoms with Crippen molar-refractivity contribution in [1.82, 2.24) is 4.90 Å². The summed E-state index contributed by atoms with van der Waals surface area (Å²) in [6, 6.07) is 14.8. The van der Waals surface area contributed by atoms with Crippen LogP contribution in [-0.2, 0) is 20.8 Å². The minimum atomic E-state index is -1.06. The molecule has 0 spiro atoms. The van der Waals surface area contributed by atoms with E-state index in [-0.39, 0.29) is 17.3 Å². The molecule has 0 aromatic heterocycles. The fourth-order valence-corrected chi connectivity index (χ4v) is 5.88. The molecular formula is C29H35NO6S. The highest BCUT2D eigenvalue weighted by molar-refractivity contribution is 8.13. The molecule has 0 aliphatic carbocycles. The average Bonchev–Trinajstić information content (AvgIpc) is 3.29. The quantitative estimate of drug-likeness (QED) is 0.356. The Labute approximate surface area is 223 Å². The molecule has 2 aliphatic heterocycles. The normalized spacial score (nSPS) is 24.0. The number of rotatable bonds is 10. The van der Waals surface area contributed by atoms with Gasteiger partial charge in [-0.05, 0) is 35.7 Å². The van der Waals surface area contributed by atoms with Gasteiger partial charge in [-0.3, -0.25) is 4.79 Å². The summed E-state index contributed by atoms with van der Waals surface area (Å²) in [5.41, 5.74) is 2.37. The van der Waals surface area contributed by atoms with Crippen LogP contribution < -0.4 is 4.74 Å². The van der Waals surface area contributed by atoms with Gasteiger partial charge < -0.3 is 23.8 Å². The van der Waals surface area contributed by atoms with Crippen molar-refractivity contribution in [1.29, 1.82) is 0 Å². The molecular weight excluding hydrogens is 490 g/mol. The third kappa shape index (κ3) is 6.37. The molecule has 1 amide bonds. The number of nitrogens with zero attached hydrogens (tertiary/aromatic N) is 1.